The van der Waals surface area contributed by atoms with Crippen molar-refractivity contribution in [3.63, 3.8) is 0 Å². The Kier molecular flexibility index (Phi) is 5.31. The molecule has 7 heteroatoms. The van der Waals surface area contributed by atoms with Gasteiger partial charge < -0.3 is 14.4 Å². The Morgan fingerprint density at radius 2 is 2.24 bits per heavy atom. The number of benzene rings is 1. The molecular formula is C18H18ClN3O3. The van der Waals surface area contributed by atoms with Crippen molar-refractivity contribution >= 4 is 17.5 Å². The fourth-order valence-electron chi connectivity index (χ4n) is 2.84. The number of aromatic nitrogens is 2. The lowest BCUT2D eigenvalue weighted by Crippen LogP contribution is -2.42. The number of carbonyl (C=O) groups excluding carboxylic acids is 1. The van der Waals surface area contributed by atoms with Gasteiger partial charge in [-0.05, 0) is 35.4 Å². The molecule has 1 aromatic carbocycles. The molecule has 0 saturated carbocycles. The number of morpholine rings is 1. The molecule has 1 aliphatic rings. The lowest BCUT2D eigenvalue weighted by Gasteiger charge is -2.35. The second kappa shape index (κ2) is 7.63. The molecule has 0 bridgehead atoms. The van der Waals surface area contributed by atoms with E-state index < -0.39 is 0 Å². The first-order valence-electron chi connectivity index (χ1n) is 7.80. The molecule has 1 unspecified atom stereocenters. The highest BCUT2D eigenvalue weighted by Gasteiger charge is 2.27. The second-order valence-electron chi connectivity index (χ2n) is 5.59. The van der Waals surface area contributed by atoms with E-state index >= 15 is 0 Å². The molecular weight excluding hydrogens is 342 g/mol. The SMILES string of the molecule is C=CC(=O)N1CCOCC1c1cc(Cl)cc(-c2cnnc(OC)c2)c1. The molecule has 2 heterocycles. The largest absolute Gasteiger partial charge is 0.480 e. The smallest absolute Gasteiger partial charge is 0.246 e. The maximum absolute atomic E-state index is 12.2. The van der Waals surface area contributed by atoms with Crippen molar-refractivity contribution in [3.8, 4) is 17.0 Å². The van der Waals surface area contributed by atoms with Crippen LogP contribution in [0.1, 0.15) is 11.6 Å². The number of rotatable bonds is 4. The van der Waals surface area contributed by atoms with Gasteiger partial charge in [0.2, 0.25) is 11.8 Å². The molecule has 3 rings (SSSR count). The number of ether oxygens (including phenoxy) is 2. The molecule has 1 saturated heterocycles. The molecule has 1 aromatic heterocycles. The van der Waals surface area contributed by atoms with Crippen molar-refractivity contribution in [1.82, 2.24) is 15.1 Å². The Morgan fingerprint density at radius 1 is 1.40 bits per heavy atom. The summed E-state index contributed by atoms with van der Waals surface area (Å²) in [5.41, 5.74) is 2.59. The van der Waals surface area contributed by atoms with Crippen molar-refractivity contribution in [2.24, 2.45) is 0 Å². The van der Waals surface area contributed by atoms with Crippen LogP contribution in [-0.4, -0.2) is 47.9 Å². The predicted molar refractivity (Wildman–Crippen MR) is 94.5 cm³/mol. The van der Waals surface area contributed by atoms with Crippen LogP contribution < -0.4 is 4.74 Å². The summed E-state index contributed by atoms with van der Waals surface area (Å²) in [4.78, 5) is 13.9. The van der Waals surface area contributed by atoms with Crippen molar-refractivity contribution in [3.05, 3.63) is 53.7 Å². The van der Waals surface area contributed by atoms with Crippen LogP contribution in [0, 0.1) is 0 Å². The van der Waals surface area contributed by atoms with Gasteiger partial charge in [0.1, 0.15) is 0 Å². The fraction of sp³-hybridized carbons (Fsp3) is 0.278. The summed E-state index contributed by atoms with van der Waals surface area (Å²) in [7, 11) is 1.54. The van der Waals surface area contributed by atoms with Crippen molar-refractivity contribution in [1.29, 1.82) is 0 Å². The first-order valence-corrected chi connectivity index (χ1v) is 8.18. The van der Waals surface area contributed by atoms with E-state index in [4.69, 9.17) is 21.1 Å². The highest BCUT2D eigenvalue weighted by molar-refractivity contribution is 6.31. The maximum Gasteiger partial charge on any atom is 0.246 e. The normalized spacial score (nSPS) is 17.2. The minimum atomic E-state index is -0.214. The number of methoxy groups -OCH3 is 1. The highest BCUT2D eigenvalue weighted by Crippen LogP contribution is 2.32. The summed E-state index contributed by atoms with van der Waals surface area (Å²) in [5.74, 6) is 0.297. The van der Waals surface area contributed by atoms with Crippen LogP contribution in [0.4, 0.5) is 0 Å². The zero-order valence-corrected chi connectivity index (χ0v) is 14.6. The lowest BCUT2D eigenvalue weighted by molar-refractivity contribution is -0.134. The molecule has 0 aliphatic carbocycles. The molecule has 1 aliphatic heterocycles. The number of hydrogen-bond donors (Lipinski definition) is 0. The highest BCUT2D eigenvalue weighted by atomic mass is 35.5. The summed E-state index contributed by atoms with van der Waals surface area (Å²) in [6.45, 7) is 5.02. The van der Waals surface area contributed by atoms with Crippen LogP contribution in [0.15, 0.2) is 43.1 Å². The van der Waals surface area contributed by atoms with E-state index in [1.54, 1.807) is 17.2 Å². The summed E-state index contributed by atoms with van der Waals surface area (Å²) in [6, 6.07) is 7.23. The third-order valence-corrected chi connectivity index (χ3v) is 4.28. The van der Waals surface area contributed by atoms with Crippen molar-refractivity contribution in [2.75, 3.05) is 26.9 Å². The van der Waals surface area contributed by atoms with Gasteiger partial charge >= 0.3 is 0 Å². The molecule has 6 nitrogen and oxygen atoms in total. The first-order chi connectivity index (χ1) is 12.1. The van der Waals surface area contributed by atoms with Crippen LogP contribution in [0.2, 0.25) is 5.02 Å². The van der Waals surface area contributed by atoms with Crippen LogP contribution in [0.3, 0.4) is 0 Å². The Morgan fingerprint density at radius 3 is 3.00 bits per heavy atom. The number of halogens is 1. The average molecular weight is 360 g/mol. The minimum absolute atomic E-state index is 0.123. The number of carbonyl (C=O) groups is 1. The van der Waals surface area contributed by atoms with E-state index in [0.717, 1.165) is 16.7 Å². The average Bonchev–Trinajstić information content (AvgIpc) is 2.67. The van der Waals surface area contributed by atoms with Gasteiger partial charge in [-0.1, -0.05) is 18.2 Å². The summed E-state index contributed by atoms with van der Waals surface area (Å²) in [5, 5.41) is 8.38. The molecule has 1 amide bonds. The molecule has 2 aromatic rings. The monoisotopic (exact) mass is 359 g/mol. The van der Waals surface area contributed by atoms with Crippen LogP contribution in [0.25, 0.3) is 11.1 Å². The van der Waals surface area contributed by atoms with Gasteiger partial charge in [-0.25, -0.2) is 0 Å². The van der Waals surface area contributed by atoms with Gasteiger partial charge in [0.15, 0.2) is 0 Å². The fourth-order valence-corrected chi connectivity index (χ4v) is 3.08. The molecule has 0 radical (unpaired) electrons. The van der Waals surface area contributed by atoms with E-state index in [1.807, 2.05) is 18.2 Å². The third kappa shape index (κ3) is 3.81. The van der Waals surface area contributed by atoms with E-state index in [2.05, 4.69) is 16.8 Å². The first kappa shape index (κ1) is 17.4. The maximum atomic E-state index is 12.2. The zero-order valence-electron chi connectivity index (χ0n) is 13.8. The van der Waals surface area contributed by atoms with Gasteiger partial charge in [-0.2, -0.15) is 5.10 Å². The number of hydrogen-bond acceptors (Lipinski definition) is 5. The summed E-state index contributed by atoms with van der Waals surface area (Å²) < 4.78 is 10.7. The third-order valence-electron chi connectivity index (χ3n) is 4.07. The topological polar surface area (TPSA) is 64.6 Å². The quantitative estimate of drug-likeness (QED) is 0.785. The van der Waals surface area contributed by atoms with Gasteiger partial charge in [0.25, 0.3) is 0 Å². The standard InChI is InChI=1S/C18H18ClN3O3/c1-3-18(23)22-4-5-25-11-16(22)13-6-12(7-15(19)8-13)14-9-17(24-2)21-20-10-14/h3,6-10,16H,1,4-5,11H2,2H3. The Hall–Kier alpha value is -2.44. The summed E-state index contributed by atoms with van der Waals surface area (Å²) in [6.07, 6.45) is 2.96. The molecule has 25 heavy (non-hydrogen) atoms. The molecule has 1 fully saturated rings. The van der Waals surface area contributed by atoms with Gasteiger partial charge in [0, 0.05) is 23.2 Å². The van der Waals surface area contributed by atoms with E-state index in [1.165, 1.54) is 13.2 Å². The lowest BCUT2D eigenvalue weighted by atomic mass is 9.99. The molecule has 0 N–H and O–H groups in total. The Bertz CT molecular complexity index is 797. The van der Waals surface area contributed by atoms with Gasteiger partial charge in [-0.3, -0.25) is 4.79 Å². The van der Waals surface area contributed by atoms with E-state index in [0.29, 0.717) is 30.7 Å². The Balaban J connectivity index is 2.00. The molecule has 1 atom stereocenters. The molecule has 0 spiro atoms. The number of amides is 1. The molecule has 130 valence electrons. The van der Waals surface area contributed by atoms with Gasteiger partial charge in [-0.15, -0.1) is 5.10 Å². The van der Waals surface area contributed by atoms with Crippen LogP contribution >= 0.6 is 11.6 Å². The Labute approximate surface area is 151 Å². The summed E-state index contributed by atoms with van der Waals surface area (Å²) >= 11 is 6.32. The minimum Gasteiger partial charge on any atom is -0.480 e. The van der Waals surface area contributed by atoms with E-state index in [-0.39, 0.29) is 11.9 Å². The predicted octanol–water partition coefficient (Wildman–Crippen LogP) is 2.89. The van der Waals surface area contributed by atoms with Gasteiger partial charge in [0.05, 0.1) is 32.6 Å². The van der Waals surface area contributed by atoms with Crippen LogP contribution in [-0.2, 0) is 9.53 Å². The van der Waals surface area contributed by atoms with E-state index in [9.17, 15) is 4.79 Å². The second-order valence-corrected chi connectivity index (χ2v) is 6.02. The van der Waals surface area contributed by atoms with Crippen molar-refractivity contribution in [2.45, 2.75) is 6.04 Å². The number of nitrogens with zero attached hydrogens (tertiary/aromatic N) is 3. The zero-order chi connectivity index (χ0) is 17.8. The van der Waals surface area contributed by atoms with Crippen molar-refractivity contribution < 1.29 is 14.3 Å². The van der Waals surface area contributed by atoms with Crippen LogP contribution in [0.5, 0.6) is 5.88 Å².